The Labute approximate surface area is 157 Å². The molecule has 0 aliphatic heterocycles. The molecule has 2 heterocycles. The molecule has 0 spiro atoms. The number of tetrazole rings is 1. The van der Waals surface area contributed by atoms with Gasteiger partial charge in [0.2, 0.25) is 5.82 Å². The summed E-state index contributed by atoms with van der Waals surface area (Å²) in [7, 11) is 3.34. The van der Waals surface area contributed by atoms with Gasteiger partial charge >= 0.3 is 0 Å². The SMILES string of the molecule is CCn1cc(CN(CCOC)C(=O)c2ccc(-c3nnn(C)n3)cc2)cn1. The van der Waals surface area contributed by atoms with Crippen molar-refractivity contribution in [2.75, 3.05) is 20.3 Å². The fourth-order valence-corrected chi connectivity index (χ4v) is 2.68. The molecule has 9 nitrogen and oxygen atoms in total. The number of rotatable bonds is 8. The van der Waals surface area contributed by atoms with Crippen LogP contribution in [0.2, 0.25) is 0 Å². The lowest BCUT2D eigenvalue weighted by atomic mass is 10.1. The molecule has 3 aromatic rings. The largest absolute Gasteiger partial charge is 0.383 e. The van der Waals surface area contributed by atoms with Crippen molar-refractivity contribution in [2.45, 2.75) is 20.0 Å². The van der Waals surface area contributed by atoms with Gasteiger partial charge in [-0.2, -0.15) is 9.90 Å². The summed E-state index contributed by atoms with van der Waals surface area (Å²) in [6, 6.07) is 7.22. The van der Waals surface area contributed by atoms with Crippen LogP contribution in [0, 0.1) is 0 Å². The van der Waals surface area contributed by atoms with Crippen LogP contribution in [0.5, 0.6) is 0 Å². The van der Waals surface area contributed by atoms with Crippen LogP contribution in [-0.2, 0) is 24.9 Å². The minimum atomic E-state index is -0.0602. The van der Waals surface area contributed by atoms with Crippen molar-refractivity contribution < 1.29 is 9.53 Å². The van der Waals surface area contributed by atoms with Crippen LogP contribution in [-0.4, -0.2) is 61.1 Å². The number of hydrogen-bond acceptors (Lipinski definition) is 6. The minimum absolute atomic E-state index is 0.0602. The van der Waals surface area contributed by atoms with Crippen molar-refractivity contribution in [1.82, 2.24) is 34.9 Å². The first-order valence-electron chi connectivity index (χ1n) is 8.74. The highest BCUT2D eigenvalue weighted by molar-refractivity contribution is 5.94. The molecule has 0 bridgehead atoms. The van der Waals surface area contributed by atoms with Gasteiger partial charge in [0.25, 0.3) is 5.91 Å². The average Bonchev–Trinajstić information content (AvgIpc) is 3.33. The molecule has 2 aromatic heterocycles. The highest BCUT2D eigenvalue weighted by atomic mass is 16.5. The Morgan fingerprint density at radius 1 is 1.26 bits per heavy atom. The Kier molecular flexibility index (Phi) is 5.92. The molecule has 0 saturated carbocycles. The summed E-state index contributed by atoms with van der Waals surface area (Å²) in [5, 5.41) is 16.3. The van der Waals surface area contributed by atoms with E-state index in [1.165, 1.54) is 4.80 Å². The van der Waals surface area contributed by atoms with Crippen LogP contribution in [0.3, 0.4) is 0 Å². The van der Waals surface area contributed by atoms with Crippen molar-refractivity contribution >= 4 is 5.91 Å². The second kappa shape index (κ2) is 8.54. The molecule has 0 fully saturated rings. The highest BCUT2D eigenvalue weighted by Gasteiger charge is 2.17. The van der Waals surface area contributed by atoms with Gasteiger partial charge in [0.15, 0.2) is 0 Å². The molecule has 3 rings (SSSR count). The number of hydrogen-bond donors (Lipinski definition) is 0. The maximum absolute atomic E-state index is 13.0. The highest BCUT2D eigenvalue weighted by Crippen LogP contribution is 2.16. The van der Waals surface area contributed by atoms with Crippen molar-refractivity contribution in [3.8, 4) is 11.4 Å². The van der Waals surface area contributed by atoms with Gasteiger partial charge in [-0.3, -0.25) is 9.48 Å². The quantitative estimate of drug-likeness (QED) is 0.596. The molecular weight excluding hydrogens is 346 g/mol. The standard InChI is InChI=1S/C18H23N7O2/c1-4-25-13-14(11-19-25)12-24(9-10-27-3)18(26)16-7-5-15(6-8-16)17-20-22-23(2)21-17/h5-8,11,13H,4,9-10,12H2,1-3H3. The molecular formula is C18H23N7O2. The third kappa shape index (κ3) is 4.56. The monoisotopic (exact) mass is 369 g/mol. The molecule has 0 N–H and O–H groups in total. The Balaban J connectivity index is 1.76. The van der Waals surface area contributed by atoms with Gasteiger partial charge in [-0.1, -0.05) is 12.1 Å². The molecule has 0 saturated heterocycles. The summed E-state index contributed by atoms with van der Waals surface area (Å²) in [5.74, 6) is 0.467. The summed E-state index contributed by atoms with van der Waals surface area (Å²) in [5.41, 5.74) is 2.40. The fraction of sp³-hybridized carbons (Fsp3) is 0.389. The van der Waals surface area contributed by atoms with Crippen molar-refractivity contribution in [2.24, 2.45) is 7.05 Å². The number of amides is 1. The summed E-state index contributed by atoms with van der Waals surface area (Å²) in [6.45, 7) is 4.27. The van der Waals surface area contributed by atoms with Gasteiger partial charge in [0, 0.05) is 49.6 Å². The van der Waals surface area contributed by atoms with E-state index in [0.29, 0.717) is 31.1 Å². The molecule has 1 amide bonds. The van der Waals surface area contributed by atoms with E-state index in [-0.39, 0.29) is 5.91 Å². The normalized spacial score (nSPS) is 10.9. The maximum Gasteiger partial charge on any atom is 0.254 e. The van der Waals surface area contributed by atoms with Crippen molar-refractivity contribution in [1.29, 1.82) is 0 Å². The summed E-state index contributed by atoms with van der Waals surface area (Å²) in [6.07, 6.45) is 3.75. The van der Waals surface area contributed by atoms with Crippen LogP contribution in [0.25, 0.3) is 11.4 Å². The lowest BCUT2D eigenvalue weighted by Crippen LogP contribution is -2.33. The smallest absolute Gasteiger partial charge is 0.254 e. The molecule has 0 atom stereocenters. The van der Waals surface area contributed by atoms with E-state index in [4.69, 9.17) is 4.74 Å². The first-order valence-corrected chi connectivity index (χ1v) is 8.74. The van der Waals surface area contributed by atoms with Gasteiger partial charge in [-0.05, 0) is 24.3 Å². The van der Waals surface area contributed by atoms with E-state index in [1.807, 2.05) is 29.9 Å². The number of nitrogens with zero attached hydrogens (tertiary/aromatic N) is 7. The van der Waals surface area contributed by atoms with Gasteiger partial charge in [0.1, 0.15) is 0 Å². The van der Waals surface area contributed by atoms with Gasteiger partial charge in [0.05, 0.1) is 19.9 Å². The number of aryl methyl sites for hydroxylation is 2. The number of carbonyl (C=O) groups excluding carboxylic acids is 1. The van der Waals surface area contributed by atoms with Gasteiger partial charge in [-0.15, -0.1) is 10.2 Å². The molecule has 0 aliphatic rings. The third-order valence-corrected chi connectivity index (χ3v) is 4.14. The van der Waals surface area contributed by atoms with Crippen LogP contribution in [0.1, 0.15) is 22.8 Å². The molecule has 9 heteroatoms. The van der Waals surface area contributed by atoms with E-state index in [9.17, 15) is 4.79 Å². The van der Waals surface area contributed by atoms with E-state index in [2.05, 4.69) is 20.5 Å². The number of carbonyl (C=O) groups is 1. The zero-order chi connectivity index (χ0) is 19.2. The van der Waals surface area contributed by atoms with E-state index in [1.54, 1.807) is 37.4 Å². The Morgan fingerprint density at radius 3 is 2.63 bits per heavy atom. The van der Waals surface area contributed by atoms with E-state index in [0.717, 1.165) is 17.7 Å². The average molecular weight is 369 g/mol. The first kappa shape index (κ1) is 18.7. The zero-order valence-electron chi connectivity index (χ0n) is 15.7. The molecule has 0 aliphatic carbocycles. The number of aromatic nitrogens is 6. The number of methoxy groups -OCH3 is 1. The lowest BCUT2D eigenvalue weighted by Gasteiger charge is -2.22. The zero-order valence-corrected chi connectivity index (χ0v) is 15.7. The van der Waals surface area contributed by atoms with Crippen molar-refractivity contribution in [3.05, 3.63) is 47.8 Å². The molecule has 27 heavy (non-hydrogen) atoms. The number of ether oxygens (including phenoxy) is 1. The van der Waals surface area contributed by atoms with Gasteiger partial charge < -0.3 is 9.64 Å². The lowest BCUT2D eigenvalue weighted by molar-refractivity contribution is 0.0680. The molecule has 0 radical (unpaired) electrons. The van der Waals surface area contributed by atoms with Crippen LogP contribution >= 0.6 is 0 Å². The first-order chi connectivity index (χ1) is 13.1. The summed E-state index contributed by atoms with van der Waals surface area (Å²) in [4.78, 5) is 16.1. The van der Waals surface area contributed by atoms with Crippen molar-refractivity contribution in [3.63, 3.8) is 0 Å². The van der Waals surface area contributed by atoms with E-state index < -0.39 is 0 Å². The van der Waals surface area contributed by atoms with Crippen LogP contribution in [0.4, 0.5) is 0 Å². The second-order valence-electron chi connectivity index (χ2n) is 6.10. The Bertz CT molecular complexity index is 885. The second-order valence-corrected chi connectivity index (χ2v) is 6.10. The molecule has 1 aromatic carbocycles. The molecule has 142 valence electrons. The topological polar surface area (TPSA) is 91.0 Å². The van der Waals surface area contributed by atoms with Gasteiger partial charge in [-0.25, -0.2) is 0 Å². The summed E-state index contributed by atoms with van der Waals surface area (Å²) < 4.78 is 7.01. The third-order valence-electron chi connectivity index (χ3n) is 4.14. The van der Waals surface area contributed by atoms with Crippen LogP contribution in [0.15, 0.2) is 36.7 Å². The minimum Gasteiger partial charge on any atom is -0.383 e. The predicted molar refractivity (Wildman–Crippen MR) is 98.8 cm³/mol. The summed E-state index contributed by atoms with van der Waals surface area (Å²) >= 11 is 0. The predicted octanol–water partition coefficient (Wildman–Crippen LogP) is 1.38. The Morgan fingerprint density at radius 2 is 2.04 bits per heavy atom. The molecule has 0 unspecified atom stereocenters. The van der Waals surface area contributed by atoms with Crippen LogP contribution < -0.4 is 0 Å². The maximum atomic E-state index is 13.0. The fourth-order valence-electron chi connectivity index (χ4n) is 2.68. The Hall–Kier alpha value is -3.07. The van der Waals surface area contributed by atoms with E-state index >= 15 is 0 Å². The number of benzene rings is 1.